The van der Waals surface area contributed by atoms with Crippen LogP contribution >= 0.6 is 15.9 Å². The summed E-state index contributed by atoms with van der Waals surface area (Å²) in [5.41, 5.74) is 1.51. The Morgan fingerprint density at radius 1 is 1.11 bits per heavy atom. The molecule has 0 unspecified atom stereocenters. The van der Waals surface area contributed by atoms with E-state index in [1.165, 1.54) is 5.69 Å². The number of halogens is 1. The van der Waals surface area contributed by atoms with E-state index in [-0.39, 0.29) is 5.54 Å². The van der Waals surface area contributed by atoms with Gasteiger partial charge in [0.2, 0.25) is 0 Å². The summed E-state index contributed by atoms with van der Waals surface area (Å²) in [6.07, 6.45) is 0. The first kappa shape index (κ1) is 14.7. The molecule has 1 aliphatic heterocycles. The molecule has 1 aromatic rings. The van der Waals surface area contributed by atoms with Crippen LogP contribution in [0.15, 0.2) is 22.7 Å². The molecule has 1 aromatic carbocycles. The van der Waals surface area contributed by atoms with Gasteiger partial charge in [0, 0.05) is 43.5 Å². The van der Waals surface area contributed by atoms with Gasteiger partial charge in [0.25, 0.3) is 0 Å². The van der Waals surface area contributed by atoms with Crippen molar-refractivity contribution in [3.63, 3.8) is 0 Å². The van der Waals surface area contributed by atoms with Crippen LogP contribution in [0, 0.1) is 0 Å². The summed E-state index contributed by atoms with van der Waals surface area (Å²) in [7, 11) is 1.71. The molecular weight excluding hydrogens is 304 g/mol. The van der Waals surface area contributed by atoms with Gasteiger partial charge < -0.3 is 9.64 Å². The second-order valence-corrected chi connectivity index (χ2v) is 6.82. The number of anilines is 1. The highest BCUT2D eigenvalue weighted by Gasteiger charge is 2.26. The van der Waals surface area contributed by atoms with Crippen LogP contribution in [0.3, 0.4) is 0 Å². The fraction of sp³-hybridized carbons (Fsp3) is 0.600. The number of benzene rings is 1. The van der Waals surface area contributed by atoms with Crippen LogP contribution < -0.4 is 9.64 Å². The van der Waals surface area contributed by atoms with Crippen LogP contribution in [0.2, 0.25) is 0 Å². The Morgan fingerprint density at radius 2 is 1.74 bits per heavy atom. The monoisotopic (exact) mass is 326 g/mol. The molecule has 0 bridgehead atoms. The molecule has 0 aliphatic carbocycles. The number of methoxy groups -OCH3 is 1. The van der Waals surface area contributed by atoms with Gasteiger partial charge in [-0.2, -0.15) is 0 Å². The number of ether oxygens (including phenoxy) is 1. The maximum atomic E-state index is 5.37. The van der Waals surface area contributed by atoms with Crippen molar-refractivity contribution in [3.8, 4) is 5.75 Å². The SMILES string of the molecule is COc1cc(N2CCN(C(C)(C)C)CC2)ccc1Br. The first-order chi connectivity index (χ1) is 8.91. The van der Waals surface area contributed by atoms with Crippen LogP contribution in [0.5, 0.6) is 5.75 Å². The molecular formula is C15H23BrN2O. The number of rotatable bonds is 2. The van der Waals surface area contributed by atoms with Gasteiger partial charge in [0.15, 0.2) is 0 Å². The van der Waals surface area contributed by atoms with E-state index in [0.29, 0.717) is 0 Å². The number of piperazine rings is 1. The first-order valence-electron chi connectivity index (χ1n) is 6.75. The normalized spacial score (nSPS) is 17.6. The molecule has 106 valence electrons. The Morgan fingerprint density at radius 3 is 2.26 bits per heavy atom. The summed E-state index contributed by atoms with van der Waals surface area (Å²) in [6, 6.07) is 6.32. The molecule has 1 heterocycles. The summed E-state index contributed by atoms with van der Waals surface area (Å²) in [4.78, 5) is 4.97. The van der Waals surface area contributed by atoms with Crippen molar-refractivity contribution in [1.29, 1.82) is 0 Å². The van der Waals surface area contributed by atoms with E-state index in [1.807, 2.05) is 0 Å². The predicted octanol–water partition coefficient (Wildman–Crippen LogP) is 3.38. The van der Waals surface area contributed by atoms with Crippen molar-refractivity contribution in [2.75, 3.05) is 38.2 Å². The van der Waals surface area contributed by atoms with Gasteiger partial charge >= 0.3 is 0 Å². The highest BCUT2D eigenvalue weighted by Crippen LogP contribution is 2.30. The van der Waals surface area contributed by atoms with Crippen molar-refractivity contribution in [2.45, 2.75) is 26.3 Å². The zero-order valence-corrected chi connectivity index (χ0v) is 13.8. The molecule has 1 saturated heterocycles. The zero-order valence-electron chi connectivity index (χ0n) is 12.2. The summed E-state index contributed by atoms with van der Waals surface area (Å²) in [5, 5.41) is 0. The second-order valence-electron chi connectivity index (χ2n) is 5.96. The minimum Gasteiger partial charge on any atom is -0.495 e. The lowest BCUT2D eigenvalue weighted by molar-refractivity contribution is 0.128. The molecule has 1 aliphatic rings. The largest absolute Gasteiger partial charge is 0.495 e. The molecule has 0 atom stereocenters. The third kappa shape index (κ3) is 3.42. The average molecular weight is 327 g/mol. The second kappa shape index (κ2) is 5.71. The minimum atomic E-state index is 0.267. The van der Waals surface area contributed by atoms with E-state index < -0.39 is 0 Å². The summed E-state index contributed by atoms with van der Waals surface area (Å²) in [6.45, 7) is 11.2. The fourth-order valence-corrected chi connectivity index (χ4v) is 2.89. The van der Waals surface area contributed by atoms with Crippen LogP contribution in [0.4, 0.5) is 5.69 Å². The molecule has 0 spiro atoms. The lowest BCUT2D eigenvalue weighted by Gasteiger charge is -2.43. The Balaban J connectivity index is 2.05. The van der Waals surface area contributed by atoms with Crippen LogP contribution in [-0.4, -0.2) is 43.7 Å². The molecule has 0 saturated carbocycles. The van der Waals surface area contributed by atoms with E-state index in [0.717, 1.165) is 36.4 Å². The van der Waals surface area contributed by atoms with Crippen LogP contribution in [0.1, 0.15) is 20.8 Å². The fourth-order valence-electron chi connectivity index (χ4n) is 2.48. The predicted molar refractivity (Wildman–Crippen MR) is 84.2 cm³/mol. The highest BCUT2D eigenvalue weighted by molar-refractivity contribution is 9.10. The Hall–Kier alpha value is -0.740. The van der Waals surface area contributed by atoms with Crippen molar-refractivity contribution in [1.82, 2.24) is 4.90 Å². The summed E-state index contributed by atoms with van der Waals surface area (Å²) in [5.74, 6) is 0.899. The summed E-state index contributed by atoms with van der Waals surface area (Å²) >= 11 is 3.50. The van der Waals surface area contributed by atoms with Crippen molar-refractivity contribution in [2.24, 2.45) is 0 Å². The highest BCUT2D eigenvalue weighted by atomic mass is 79.9. The van der Waals surface area contributed by atoms with Gasteiger partial charge in [-0.1, -0.05) is 0 Å². The third-order valence-corrected chi connectivity index (χ3v) is 4.38. The van der Waals surface area contributed by atoms with Gasteiger partial charge in [-0.05, 0) is 48.8 Å². The van der Waals surface area contributed by atoms with Gasteiger partial charge in [0.1, 0.15) is 5.75 Å². The molecule has 1 fully saturated rings. The Kier molecular flexibility index (Phi) is 4.41. The molecule has 3 nitrogen and oxygen atoms in total. The molecule has 19 heavy (non-hydrogen) atoms. The minimum absolute atomic E-state index is 0.267. The van der Waals surface area contributed by atoms with Gasteiger partial charge in [0.05, 0.1) is 11.6 Å². The molecule has 2 rings (SSSR count). The number of hydrogen-bond acceptors (Lipinski definition) is 3. The van der Waals surface area contributed by atoms with Crippen LogP contribution in [0.25, 0.3) is 0 Å². The number of hydrogen-bond donors (Lipinski definition) is 0. The molecule has 0 amide bonds. The molecule has 4 heteroatoms. The van der Waals surface area contributed by atoms with E-state index in [2.05, 4.69) is 64.7 Å². The molecule has 0 N–H and O–H groups in total. The van der Waals surface area contributed by atoms with Crippen LogP contribution in [-0.2, 0) is 0 Å². The topological polar surface area (TPSA) is 15.7 Å². The van der Waals surface area contributed by atoms with E-state index >= 15 is 0 Å². The third-order valence-electron chi connectivity index (χ3n) is 3.73. The molecule has 0 aromatic heterocycles. The molecule has 0 radical (unpaired) electrons. The van der Waals surface area contributed by atoms with Gasteiger partial charge in [-0.25, -0.2) is 0 Å². The maximum Gasteiger partial charge on any atom is 0.135 e. The quantitative estimate of drug-likeness (QED) is 0.828. The van der Waals surface area contributed by atoms with Crippen molar-refractivity contribution in [3.05, 3.63) is 22.7 Å². The zero-order chi connectivity index (χ0) is 14.0. The van der Waals surface area contributed by atoms with Crippen molar-refractivity contribution < 1.29 is 4.74 Å². The lowest BCUT2D eigenvalue weighted by Crippen LogP contribution is -2.53. The lowest BCUT2D eigenvalue weighted by atomic mass is 10.0. The van der Waals surface area contributed by atoms with Gasteiger partial charge in [-0.15, -0.1) is 0 Å². The maximum absolute atomic E-state index is 5.37. The Labute approximate surface area is 124 Å². The van der Waals surface area contributed by atoms with E-state index in [9.17, 15) is 0 Å². The average Bonchev–Trinajstić information content (AvgIpc) is 2.38. The van der Waals surface area contributed by atoms with E-state index in [1.54, 1.807) is 7.11 Å². The Bertz CT molecular complexity index is 434. The smallest absolute Gasteiger partial charge is 0.135 e. The standard InChI is InChI=1S/C15H23BrN2O/c1-15(2,3)18-9-7-17(8-10-18)12-5-6-13(16)14(11-12)19-4/h5-6,11H,7-10H2,1-4H3. The summed E-state index contributed by atoms with van der Waals surface area (Å²) < 4.78 is 6.37. The van der Waals surface area contributed by atoms with Gasteiger partial charge in [-0.3, -0.25) is 4.90 Å². The van der Waals surface area contributed by atoms with Crippen molar-refractivity contribution >= 4 is 21.6 Å². The van der Waals surface area contributed by atoms with E-state index in [4.69, 9.17) is 4.74 Å². The number of nitrogens with zero attached hydrogens (tertiary/aromatic N) is 2. The first-order valence-corrected chi connectivity index (χ1v) is 7.54.